The van der Waals surface area contributed by atoms with Crippen LogP contribution in [0.1, 0.15) is 0 Å². The lowest BCUT2D eigenvalue weighted by molar-refractivity contribution is -0.384. The van der Waals surface area contributed by atoms with Gasteiger partial charge in [-0.2, -0.15) is 0 Å². The zero-order valence-corrected chi connectivity index (χ0v) is 7.47. The van der Waals surface area contributed by atoms with E-state index in [1.807, 2.05) is 0 Å². The lowest BCUT2D eigenvalue weighted by atomic mass is 10.3. The van der Waals surface area contributed by atoms with Gasteiger partial charge in [0.05, 0.1) is 16.0 Å². The molecule has 0 atom stereocenters. The summed E-state index contributed by atoms with van der Waals surface area (Å²) < 4.78 is 1.61. The first-order valence-corrected chi connectivity index (χ1v) is 3.96. The standard InChI is InChI=1S/C8H8N4O2/c1-11-7-4-5(12(13)14)2-3-6(7)10-8(11)9/h2-4H,1H3,(H2,9,10). The Morgan fingerprint density at radius 1 is 1.57 bits per heavy atom. The summed E-state index contributed by atoms with van der Waals surface area (Å²) in [6.45, 7) is 0. The van der Waals surface area contributed by atoms with Gasteiger partial charge in [-0.05, 0) is 6.07 Å². The monoisotopic (exact) mass is 192 g/mol. The van der Waals surface area contributed by atoms with Gasteiger partial charge in [0, 0.05) is 19.2 Å². The molecule has 0 bridgehead atoms. The van der Waals surface area contributed by atoms with Crippen molar-refractivity contribution in [1.29, 1.82) is 0 Å². The van der Waals surface area contributed by atoms with Crippen LogP contribution in [0.4, 0.5) is 11.6 Å². The summed E-state index contributed by atoms with van der Waals surface area (Å²) in [4.78, 5) is 14.1. The number of nitrogens with two attached hydrogens (primary N) is 1. The van der Waals surface area contributed by atoms with Crippen molar-refractivity contribution in [2.45, 2.75) is 0 Å². The van der Waals surface area contributed by atoms with Gasteiger partial charge in [-0.3, -0.25) is 10.1 Å². The molecule has 0 amide bonds. The molecule has 1 heterocycles. The molecule has 14 heavy (non-hydrogen) atoms. The van der Waals surface area contributed by atoms with Crippen LogP contribution in [-0.4, -0.2) is 14.5 Å². The number of nitrogen functional groups attached to an aromatic ring is 1. The van der Waals surface area contributed by atoms with Crippen LogP contribution in [0.15, 0.2) is 18.2 Å². The topological polar surface area (TPSA) is 87.0 Å². The third kappa shape index (κ3) is 1.08. The number of imidazole rings is 1. The van der Waals surface area contributed by atoms with Gasteiger partial charge in [0.15, 0.2) is 0 Å². The van der Waals surface area contributed by atoms with Gasteiger partial charge in [-0.15, -0.1) is 0 Å². The molecule has 0 fully saturated rings. The number of aromatic nitrogens is 2. The second-order valence-electron chi connectivity index (χ2n) is 2.96. The van der Waals surface area contributed by atoms with E-state index in [-0.39, 0.29) is 5.69 Å². The highest BCUT2D eigenvalue weighted by molar-refractivity contribution is 5.80. The molecule has 2 aromatic rings. The zero-order valence-electron chi connectivity index (χ0n) is 7.47. The van der Waals surface area contributed by atoms with Crippen molar-refractivity contribution in [2.75, 3.05) is 5.73 Å². The molecule has 1 aromatic carbocycles. The van der Waals surface area contributed by atoms with Gasteiger partial charge in [0.25, 0.3) is 5.69 Å². The van der Waals surface area contributed by atoms with E-state index >= 15 is 0 Å². The molecule has 2 N–H and O–H groups in total. The first-order chi connectivity index (χ1) is 6.59. The summed E-state index contributed by atoms with van der Waals surface area (Å²) in [6, 6.07) is 4.46. The molecule has 1 aromatic heterocycles. The third-order valence-electron chi connectivity index (χ3n) is 2.11. The van der Waals surface area contributed by atoms with Crippen molar-refractivity contribution < 1.29 is 4.92 Å². The molecule has 2 rings (SSSR count). The number of benzene rings is 1. The minimum absolute atomic E-state index is 0.0421. The van der Waals surface area contributed by atoms with Gasteiger partial charge in [-0.1, -0.05) is 0 Å². The maximum Gasteiger partial charge on any atom is 0.271 e. The van der Waals surface area contributed by atoms with Crippen LogP contribution in [0.5, 0.6) is 0 Å². The highest BCUT2D eigenvalue weighted by atomic mass is 16.6. The maximum absolute atomic E-state index is 10.5. The van der Waals surface area contributed by atoms with Gasteiger partial charge >= 0.3 is 0 Å². The number of nitro groups is 1. The Morgan fingerprint density at radius 3 is 2.93 bits per heavy atom. The first kappa shape index (κ1) is 8.49. The summed E-state index contributed by atoms with van der Waals surface area (Å²) >= 11 is 0. The van der Waals surface area contributed by atoms with Crippen molar-refractivity contribution in [2.24, 2.45) is 7.05 Å². The van der Waals surface area contributed by atoms with Crippen LogP contribution in [0, 0.1) is 10.1 Å². The van der Waals surface area contributed by atoms with E-state index in [4.69, 9.17) is 5.73 Å². The van der Waals surface area contributed by atoms with Gasteiger partial charge < -0.3 is 10.3 Å². The predicted octanol–water partition coefficient (Wildman–Crippen LogP) is 1.06. The van der Waals surface area contributed by atoms with Crippen LogP contribution >= 0.6 is 0 Å². The van der Waals surface area contributed by atoms with Crippen LogP contribution < -0.4 is 5.73 Å². The highest BCUT2D eigenvalue weighted by Crippen LogP contribution is 2.21. The Bertz CT molecular complexity index is 517. The van der Waals surface area contributed by atoms with Crippen molar-refractivity contribution in [3.8, 4) is 0 Å². The fourth-order valence-electron chi connectivity index (χ4n) is 1.31. The van der Waals surface area contributed by atoms with Crippen molar-refractivity contribution >= 4 is 22.7 Å². The summed E-state index contributed by atoms with van der Waals surface area (Å²) in [5, 5.41) is 10.5. The van der Waals surface area contributed by atoms with E-state index < -0.39 is 4.92 Å². The van der Waals surface area contributed by atoms with Gasteiger partial charge in [0.1, 0.15) is 0 Å². The summed E-state index contributed by atoms with van der Waals surface area (Å²) in [7, 11) is 1.72. The SMILES string of the molecule is Cn1c(N)nc2ccc([N+](=O)[O-])cc21. The van der Waals surface area contributed by atoms with Crippen molar-refractivity contribution in [1.82, 2.24) is 9.55 Å². The number of hydrogen-bond acceptors (Lipinski definition) is 4. The second kappa shape index (κ2) is 2.69. The fraction of sp³-hybridized carbons (Fsp3) is 0.125. The van der Waals surface area contributed by atoms with Crippen LogP contribution in [0.3, 0.4) is 0 Å². The molecule has 6 heteroatoms. The molecule has 0 saturated heterocycles. The Kier molecular flexibility index (Phi) is 1.63. The third-order valence-corrected chi connectivity index (χ3v) is 2.11. The minimum Gasteiger partial charge on any atom is -0.369 e. The zero-order chi connectivity index (χ0) is 10.3. The minimum atomic E-state index is -0.442. The summed E-state index contributed by atoms with van der Waals surface area (Å²) in [5.41, 5.74) is 6.93. The Hall–Kier alpha value is -2.11. The number of fused-ring (bicyclic) bond motifs is 1. The number of anilines is 1. The fourth-order valence-corrected chi connectivity index (χ4v) is 1.31. The molecule has 0 radical (unpaired) electrons. The first-order valence-electron chi connectivity index (χ1n) is 3.96. The van der Waals surface area contributed by atoms with Gasteiger partial charge in [-0.25, -0.2) is 4.98 Å². The predicted molar refractivity (Wildman–Crippen MR) is 51.8 cm³/mol. The molecule has 72 valence electrons. The van der Waals surface area contributed by atoms with E-state index in [9.17, 15) is 10.1 Å². The molecule has 0 aliphatic rings. The van der Waals surface area contributed by atoms with Crippen LogP contribution in [0.25, 0.3) is 11.0 Å². The van der Waals surface area contributed by atoms with Crippen LogP contribution in [0.2, 0.25) is 0 Å². The second-order valence-corrected chi connectivity index (χ2v) is 2.96. The lowest BCUT2D eigenvalue weighted by Crippen LogP contribution is -1.96. The smallest absolute Gasteiger partial charge is 0.271 e. The largest absolute Gasteiger partial charge is 0.369 e. The van der Waals surface area contributed by atoms with Crippen molar-refractivity contribution in [3.63, 3.8) is 0 Å². The summed E-state index contributed by atoms with van der Waals surface area (Å²) in [5.74, 6) is 0.348. The van der Waals surface area contributed by atoms with E-state index in [1.165, 1.54) is 12.1 Å². The molecule has 0 spiro atoms. The number of rotatable bonds is 1. The number of hydrogen-bond donors (Lipinski definition) is 1. The lowest BCUT2D eigenvalue weighted by Gasteiger charge is -1.95. The molecule has 0 aliphatic carbocycles. The number of non-ortho nitro benzene ring substituents is 1. The Morgan fingerprint density at radius 2 is 2.29 bits per heavy atom. The van der Waals surface area contributed by atoms with Crippen LogP contribution in [-0.2, 0) is 7.05 Å². The average molecular weight is 192 g/mol. The quantitative estimate of drug-likeness (QED) is 0.540. The van der Waals surface area contributed by atoms with E-state index in [2.05, 4.69) is 4.98 Å². The highest BCUT2D eigenvalue weighted by Gasteiger charge is 2.10. The number of nitro benzene ring substituents is 1. The maximum atomic E-state index is 10.5. The molecular formula is C8H8N4O2. The van der Waals surface area contributed by atoms with Crippen molar-refractivity contribution in [3.05, 3.63) is 28.3 Å². The Labute approximate surface area is 79.1 Å². The number of nitrogens with zero attached hydrogens (tertiary/aromatic N) is 3. The molecule has 0 saturated carbocycles. The van der Waals surface area contributed by atoms with Gasteiger partial charge in [0.2, 0.25) is 5.95 Å². The summed E-state index contributed by atoms with van der Waals surface area (Å²) in [6.07, 6.45) is 0. The molecular weight excluding hydrogens is 184 g/mol. The van der Waals surface area contributed by atoms with E-state index in [0.29, 0.717) is 17.0 Å². The number of aryl methyl sites for hydroxylation is 1. The Balaban J connectivity index is 2.76. The molecule has 0 aliphatic heterocycles. The van der Waals surface area contributed by atoms with E-state index in [0.717, 1.165) is 0 Å². The normalized spacial score (nSPS) is 10.6. The molecule has 0 unspecified atom stereocenters. The molecule has 6 nitrogen and oxygen atoms in total. The average Bonchev–Trinajstić information content (AvgIpc) is 2.43. The van der Waals surface area contributed by atoms with E-state index in [1.54, 1.807) is 17.7 Å².